The lowest BCUT2D eigenvalue weighted by atomic mass is 9.97. The molecule has 1 fully saturated rings. The number of ether oxygens (including phenoxy) is 1. The number of amides is 1. The van der Waals surface area contributed by atoms with Gasteiger partial charge in [0.15, 0.2) is 5.78 Å². The van der Waals surface area contributed by atoms with Crippen LogP contribution in [0.4, 0.5) is 13.6 Å². The number of carbonyl (C=O) groups is 2. The molecular weight excluding hydrogens is 490 g/mol. The van der Waals surface area contributed by atoms with E-state index in [-0.39, 0.29) is 29.3 Å². The van der Waals surface area contributed by atoms with Gasteiger partial charge in [-0.25, -0.2) is 26.7 Å². The highest BCUT2D eigenvalue weighted by atomic mass is 32.2. The molecule has 0 bridgehead atoms. The second-order valence-corrected chi connectivity index (χ2v) is 12.0. The molecule has 1 atom stereocenters. The number of nitrogens with zero attached hydrogens (tertiary/aromatic N) is 1. The van der Waals surface area contributed by atoms with E-state index in [2.05, 4.69) is 4.72 Å². The van der Waals surface area contributed by atoms with Gasteiger partial charge < -0.3 is 9.64 Å². The van der Waals surface area contributed by atoms with Crippen LogP contribution in [-0.4, -0.2) is 56.2 Å². The minimum atomic E-state index is -3.88. The van der Waals surface area contributed by atoms with Crippen molar-refractivity contribution >= 4 is 21.9 Å². The number of rotatable bonds is 7. The van der Waals surface area contributed by atoms with E-state index >= 15 is 0 Å². The maximum Gasteiger partial charge on any atom is 0.410 e. The van der Waals surface area contributed by atoms with Crippen LogP contribution in [-0.2, 0) is 14.8 Å². The first-order valence-electron chi connectivity index (χ1n) is 11.8. The van der Waals surface area contributed by atoms with Crippen molar-refractivity contribution in [2.24, 2.45) is 5.92 Å². The molecule has 1 amide bonds. The van der Waals surface area contributed by atoms with Gasteiger partial charge >= 0.3 is 6.09 Å². The van der Waals surface area contributed by atoms with E-state index in [9.17, 15) is 26.8 Å². The minimum Gasteiger partial charge on any atom is -0.444 e. The van der Waals surface area contributed by atoms with Crippen molar-refractivity contribution in [2.45, 2.75) is 46.1 Å². The molecule has 0 saturated carbocycles. The third-order valence-corrected chi connectivity index (χ3v) is 7.29. The summed E-state index contributed by atoms with van der Waals surface area (Å²) in [6.45, 7) is 6.86. The molecule has 0 spiro atoms. The van der Waals surface area contributed by atoms with Gasteiger partial charge in [0.25, 0.3) is 0 Å². The van der Waals surface area contributed by atoms with Gasteiger partial charge in [0.2, 0.25) is 10.0 Å². The summed E-state index contributed by atoms with van der Waals surface area (Å²) in [7, 11) is -3.88. The van der Waals surface area contributed by atoms with Crippen molar-refractivity contribution in [3.8, 4) is 11.1 Å². The predicted molar refractivity (Wildman–Crippen MR) is 133 cm³/mol. The standard InChI is InChI=1S/C26H32F2N2O5S/c1-17-11-20(19-8-5-9-21(27)12-19)13-22(24(17)28)23(31)14-29-36(33,34)16-18-7-6-10-30(15-18)25(32)35-26(2,3)4/h5,8-9,11-13,18,29H,6-7,10,14-16H2,1-4H3. The molecule has 7 nitrogen and oxygen atoms in total. The van der Waals surface area contributed by atoms with Crippen LogP contribution in [0.5, 0.6) is 0 Å². The lowest BCUT2D eigenvalue weighted by Crippen LogP contribution is -2.45. The van der Waals surface area contributed by atoms with E-state index in [1.54, 1.807) is 26.8 Å². The molecule has 10 heteroatoms. The topological polar surface area (TPSA) is 92.8 Å². The number of ketones is 1. The van der Waals surface area contributed by atoms with E-state index in [1.165, 1.54) is 42.2 Å². The van der Waals surface area contributed by atoms with Gasteiger partial charge in [0, 0.05) is 13.1 Å². The Morgan fingerprint density at radius 1 is 1.14 bits per heavy atom. The third-order valence-electron chi connectivity index (χ3n) is 5.79. The molecule has 1 saturated heterocycles. The van der Waals surface area contributed by atoms with Gasteiger partial charge in [-0.05, 0) is 87.4 Å². The Morgan fingerprint density at radius 2 is 1.86 bits per heavy atom. The third kappa shape index (κ3) is 7.57. The van der Waals surface area contributed by atoms with E-state index in [4.69, 9.17) is 4.74 Å². The number of nitrogens with one attached hydrogen (secondary N) is 1. The van der Waals surface area contributed by atoms with Crippen molar-refractivity contribution in [1.82, 2.24) is 9.62 Å². The largest absolute Gasteiger partial charge is 0.444 e. The summed E-state index contributed by atoms with van der Waals surface area (Å²) in [6, 6.07) is 8.50. The summed E-state index contributed by atoms with van der Waals surface area (Å²) in [6.07, 6.45) is 0.754. The number of piperidine rings is 1. The zero-order chi connectivity index (χ0) is 26.7. The lowest BCUT2D eigenvalue weighted by molar-refractivity contribution is 0.0176. The Bertz CT molecular complexity index is 1240. The fourth-order valence-electron chi connectivity index (χ4n) is 4.14. The molecule has 3 rings (SSSR count). The SMILES string of the molecule is Cc1cc(-c2cccc(F)c2)cc(C(=O)CNS(=O)(=O)CC2CCCN(C(=O)OC(C)(C)C)C2)c1F. The molecule has 196 valence electrons. The molecule has 0 aromatic heterocycles. The molecular formula is C26H32F2N2O5S. The number of benzene rings is 2. The summed E-state index contributed by atoms with van der Waals surface area (Å²) in [4.78, 5) is 26.6. The summed E-state index contributed by atoms with van der Waals surface area (Å²) in [5, 5.41) is 0. The second-order valence-electron chi connectivity index (χ2n) is 10.1. The number of sulfonamides is 1. The van der Waals surface area contributed by atoms with E-state index in [0.717, 1.165) is 0 Å². The van der Waals surface area contributed by atoms with E-state index in [0.29, 0.717) is 30.5 Å². The van der Waals surface area contributed by atoms with Gasteiger partial charge in [-0.1, -0.05) is 12.1 Å². The van der Waals surface area contributed by atoms with Crippen molar-refractivity contribution in [1.29, 1.82) is 0 Å². The zero-order valence-corrected chi connectivity index (χ0v) is 21.8. The average molecular weight is 523 g/mol. The van der Waals surface area contributed by atoms with Gasteiger partial charge in [-0.15, -0.1) is 0 Å². The van der Waals surface area contributed by atoms with Crippen molar-refractivity contribution < 1.29 is 31.5 Å². The summed E-state index contributed by atoms with van der Waals surface area (Å²) >= 11 is 0. The summed E-state index contributed by atoms with van der Waals surface area (Å²) < 4.78 is 61.4. The molecule has 0 radical (unpaired) electrons. The van der Waals surface area contributed by atoms with Crippen LogP contribution in [0.25, 0.3) is 11.1 Å². The van der Waals surface area contributed by atoms with Crippen LogP contribution in [0.15, 0.2) is 36.4 Å². The molecule has 1 heterocycles. The number of carbonyl (C=O) groups excluding carboxylic acids is 2. The molecule has 1 aliphatic heterocycles. The number of halogens is 2. The van der Waals surface area contributed by atoms with Crippen LogP contribution in [0.2, 0.25) is 0 Å². The molecule has 0 aliphatic carbocycles. The highest BCUT2D eigenvalue weighted by Gasteiger charge is 2.30. The molecule has 2 aromatic carbocycles. The number of hydrogen-bond acceptors (Lipinski definition) is 5. The summed E-state index contributed by atoms with van der Waals surface area (Å²) in [5.74, 6) is -2.56. The molecule has 1 aliphatic rings. The van der Waals surface area contributed by atoms with E-state index in [1.807, 2.05) is 0 Å². The maximum atomic E-state index is 14.7. The van der Waals surface area contributed by atoms with Gasteiger partial charge in [-0.2, -0.15) is 0 Å². The molecule has 2 aromatic rings. The number of Topliss-reactive ketones (excluding diaryl/α,β-unsaturated/α-hetero) is 1. The van der Waals surface area contributed by atoms with Crippen LogP contribution in [0, 0.1) is 24.5 Å². The fourth-order valence-corrected chi connectivity index (χ4v) is 5.50. The minimum absolute atomic E-state index is 0.187. The smallest absolute Gasteiger partial charge is 0.410 e. The number of likely N-dealkylation sites (tertiary alicyclic amines) is 1. The predicted octanol–water partition coefficient (Wildman–Crippen LogP) is 4.69. The van der Waals surface area contributed by atoms with Gasteiger partial charge in [0.05, 0.1) is 17.9 Å². The normalized spacial score (nSPS) is 16.6. The first-order valence-corrected chi connectivity index (χ1v) is 13.4. The van der Waals surface area contributed by atoms with Crippen LogP contribution < -0.4 is 4.72 Å². The molecule has 1 unspecified atom stereocenters. The van der Waals surface area contributed by atoms with Crippen LogP contribution >= 0.6 is 0 Å². The van der Waals surface area contributed by atoms with Crippen molar-refractivity contribution in [3.63, 3.8) is 0 Å². The fraction of sp³-hybridized carbons (Fsp3) is 0.462. The second kappa shape index (κ2) is 11.0. The van der Waals surface area contributed by atoms with Crippen LogP contribution in [0.3, 0.4) is 0 Å². The highest BCUT2D eigenvalue weighted by molar-refractivity contribution is 7.89. The quantitative estimate of drug-likeness (QED) is 0.533. The lowest BCUT2D eigenvalue weighted by Gasteiger charge is -2.34. The van der Waals surface area contributed by atoms with Crippen molar-refractivity contribution in [2.75, 3.05) is 25.4 Å². The number of hydrogen-bond donors (Lipinski definition) is 1. The van der Waals surface area contributed by atoms with Crippen molar-refractivity contribution in [3.05, 3.63) is 59.2 Å². The van der Waals surface area contributed by atoms with E-state index < -0.39 is 45.7 Å². The van der Waals surface area contributed by atoms with Gasteiger partial charge in [0.1, 0.15) is 17.2 Å². The van der Waals surface area contributed by atoms with Gasteiger partial charge in [-0.3, -0.25) is 4.79 Å². The Hall–Kier alpha value is -2.85. The maximum absolute atomic E-state index is 14.7. The first-order chi connectivity index (χ1) is 16.7. The number of aryl methyl sites for hydroxylation is 1. The highest BCUT2D eigenvalue weighted by Crippen LogP contribution is 2.26. The van der Waals surface area contributed by atoms with Crippen LogP contribution in [0.1, 0.15) is 49.5 Å². The molecule has 36 heavy (non-hydrogen) atoms. The zero-order valence-electron chi connectivity index (χ0n) is 20.9. The Labute approximate surface area is 210 Å². The summed E-state index contributed by atoms with van der Waals surface area (Å²) in [5.41, 5.74) is 0.180. The average Bonchev–Trinajstić information content (AvgIpc) is 2.78. The Kier molecular flexibility index (Phi) is 8.51. The Balaban J connectivity index is 1.65. The monoisotopic (exact) mass is 522 g/mol. The molecule has 1 N–H and O–H groups in total. The Morgan fingerprint density at radius 3 is 2.53 bits per heavy atom. The first kappa shape index (κ1) is 27.7.